The molecule has 0 spiro atoms. The Morgan fingerprint density at radius 1 is 1.26 bits per heavy atom. The SMILES string of the molecule is CC(C)(C)OC(=O)N1CC(NCc2ccc3ccccc3n2)C1. The molecule has 2 aromatic rings. The van der Waals surface area contributed by atoms with E-state index in [1.165, 1.54) is 0 Å². The Bertz CT molecular complexity index is 703. The standard InChI is InChI=1S/C18H23N3O2/c1-18(2,3)23-17(22)21-11-15(12-21)19-10-14-9-8-13-6-4-5-7-16(13)20-14/h4-9,15,19H,10-12H2,1-3H3. The smallest absolute Gasteiger partial charge is 0.410 e. The van der Waals surface area contributed by atoms with E-state index >= 15 is 0 Å². The lowest BCUT2D eigenvalue weighted by atomic mass is 10.1. The third-order valence-electron chi connectivity index (χ3n) is 3.76. The van der Waals surface area contributed by atoms with Crippen molar-refractivity contribution in [2.24, 2.45) is 0 Å². The third-order valence-corrected chi connectivity index (χ3v) is 3.76. The molecule has 1 fully saturated rings. The van der Waals surface area contributed by atoms with Gasteiger partial charge in [-0.1, -0.05) is 24.3 Å². The van der Waals surface area contributed by atoms with Gasteiger partial charge in [0, 0.05) is 31.1 Å². The Morgan fingerprint density at radius 2 is 2.00 bits per heavy atom. The molecular weight excluding hydrogens is 290 g/mol. The van der Waals surface area contributed by atoms with Gasteiger partial charge in [0.2, 0.25) is 0 Å². The fraction of sp³-hybridized carbons (Fsp3) is 0.444. The lowest BCUT2D eigenvalue weighted by Gasteiger charge is -2.40. The average Bonchev–Trinajstić information content (AvgIpc) is 2.43. The van der Waals surface area contributed by atoms with Crippen molar-refractivity contribution < 1.29 is 9.53 Å². The molecule has 0 aliphatic carbocycles. The van der Waals surface area contributed by atoms with Crippen molar-refractivity contribution in [3.8, 4) is 0 Å². The highest BCUT2D eigenvalue weighted by atomic mass is 16.6. The summed E-state index contributed by atoms with van der Waals surface area (Å²) in [7, 11) is 0. The van der Waals surface area contributed by atoms with Crippen molar-refractivity contribution in [1.82, 2.24) is 15.2 Å². The summed E-state index contributed by atoms with van der Waals surface area (Å²) in [6, 6.07) is 12.5. The van der Waals surface area contributed by atoms with Gasteiger partial charge in [-0.2, -0.15) is 0 Å². The highest BCUT2D eigenvalue weighted by Crippen LogP contribution is 2.16. The van der Waals surface area contributed by atoms with Gasteiger partial charge in [0.05, 0.1) is 11.2 Å². The van der Waals surface area contributed by atoms with Crippen molar-refractivity contribution in [3.63, 3.8) is 0 Å². The predicted molar refractivity (Wildman–Crippen MR) is 90.2 cm³/mol. The number of carbonyl (C=O) groups is 1. The third kappa shape index (κ3) is 3.99. The number of aromatic nitrogens is 1. The molecule has 0 atom stereocenters. The quantitative estimate of drug-likeness (QED) is 0.946. The molecule has 1 amide bonds. The van der Waals surface area contributed by atoms with E-state index in [0.29, 0.717) is 25.7 Å². The van der Waals surface area contributed by atoms with E-state index in [1.807, 2.05) is 45.0 Å². The number of nitrogens with one attached hydrogen (secondary N) is 1. The van der Waals surface area contributed by atoms with Crippen molar-refractivity contribution in [1.29, 1.82) is 0 Å². The molecule has 3 rings (SSSR count). The van der Waals surface area contributed by atoms with Crippen molar-refractivity contribution in [2.75, 3.05) is 13.1 Å². The number of rotatable bonds is 3. The molecule has 2 heterocycles. The van der Waals surface area contributed by atoms with Crippen LogP contribution in [0.2, 0.25) is 0 Å². The maximum absolute atomic E-state index is 11.9. The zero-order chi connectivity index (χ0) is 16.4. The summed E-state index contributed by atoms with van der Waals surface area (Å²) in [4.78, 5) is 18.2. The second-order valence-corrected chi connectivity index (χ2v) is 6.96. The molecule has 1 saturated heterocycles. The van der Waals surface area contributed by atoms with Gasteiger partial charge >= 0.3 is 6.09 Å². The number of likely N-dealkylation sites (tertiary alicyclic amines) is 1. The summed E-state index contributed by atoms with van der Waals surface area (Å²) in [5, 5.41) is 4.58. The summed E-state index contributed by atoms with van der Waals surface area (Å²) in [6.07, 6.45) is -0.237. The monoisotopic (exact) mass is 313 g/mol. The van der Waals surface area contributed by atoms with Crippen molar-refractivity contribution in [2.45, 2.75) is 39.0 Å². The summed E-state index contributed by atoms with van der Waals surface area (Å²) < 4.78 is 5.35. The Morgan fingerprint density at radius 3 is 2.74 bits per heavy atom. The van der Waals surface area contributed by atoms with Gasteiger partial charge in [0.25, 0.3) is 0 Å². The van der Waals surface area contributed by atoms with Gasteiger partial charge in [-0.15, -0.1) is 0 Å². The van der Waals surface area contributed by atoms with Crippen LogP contribution in [0.3, 0.4) is 0 Å². The Hall–Kier alpha value is -2.14. The lowest BCUT2D eigenvalue weighted by molar-refractivity contribution is 0.00516. The van der Waals surface area contributed by atoms with Crippen LogP contribution in [-0.2, 0) is 11.3 Å². The Balaban J connectivity index is 1.48. The van der Waals surface area contributed by atoms with Crippen LogP contribution in [0.4, 0.5) is 4.79 Å². The normalized spacial score (nSPS) is 15.5. The van der Waals surface area contributed by atoms with Gasteiger partial charge in [0.15, 0.2) is 0 Å². The van der Waals surface area contributed by atoms with E-state index in [1.54, 1.807) is 4.90 Å². The topological polar surface area (TPSA) is 54.5 Å². The van der Waals surface area contributed by atoms with Crippen molar-refractivity contribution >= 4 is 17.0 Å². The molecule has 1 aromatic heterocycles. The van der Waals surface area contributed by atoms with Gasteiger partial charge in [-0.05, 0) is 32.9 Å². The number of para-hydroxylation sites is 1. The lowest BCUT2D eigenvalue weighted by Crippen LogP contribution is -2.60. The minimum atomic E-state index is -0.440. The highest BCUT2D eigenvalue weighted by Gasteiger charge is 2.33. The number of hydrogen-bond donors (Lipinski definition) is 1. The van der Waals surface area contributed by atoms with Crippen LogP contribution in [0.5, 0.6) is 0 Å². The summed E-state index contributed by atoms with van der Waals surface area (Å²) >= 11 is 0. The molecule has 0 saturated carbocycles. The van der Waals surface area contributed by atoms with Gasteiger partial charge in [0.1, 0.15) is 5.60 Å². The fourth-order valence-corrected chi connectivity index (χ4v) is 2.54. The van der Waals surface area contributed by atoms with Crippen LogP contribution < -0.4 is 5.32 Å². The molecule has 0 radical (unpaired) electrons. The van der Waals surface area contributed by atoms with E-state index in [0.717, 1.165) is 16.6 Å². The molecule has 5 nitrogen and oxygen atoms in total. The summed E-state index contributed by atoms with van der Waals surface area (Å²) in [6.45, 7) is 7.71. The first-order valence-electron chi connectivity index (χ1n) is 7.97. The molecule has 1 aliphatic rings. The maximum Gasteiger partial charge on any atom is 0.410 e. The molecule has 0 bridgehead atoms. The first-order chi connectivity index (χ1) is 10.9. The zero-order valence-electron chi connectivity index (χ0n) is 13.9. The second kappa shape index (κ2) is 6.16. The van der Waals surface area contributed by atoms with Crippen LogP contribution in [0.1, 0.15) is 26.5 Å². The Labute approximate surface area is 136 Å². The number of hydrogen-bond acceptors (Lipinski definition) is 4. The molecule has 122 valence electrons. The van der Waals surface area contributed by atoms with E-state index in [-0.39, 0.29) is 6.09 Å². The fourth-order valence-electron chi connectivity index (χ4n) is 2.54. The average molecular weight is 313 g/mol. The first kappa shape index (κ1) is 15.7. The molecule has 5 heteroatoms. The van der Waals surface area contributed by atoms with Crippen LogP contribution in [0, 0.1) is 0 Å². The Kier molecular flexibility index (Phi) is 4.22. The van der Waals surface area contributed by atoms with Gasteiger partial charge in [-0.3, -0.25) is 4.98 Å². The van der Waals surface area contributed by atoms with Crippen LogP contribution >= 0.6 is 0 Å². The van der Waals surface area contributed by atoms with Crippen LogP contribution in [-0.4, -0.2) is 40.7 Å². The van der Waals surface area contributed by atoms with Gasteiger partial charge in [-0.25, -0.2) is 4.79 Å². The van der Waals surface area contributed by atoms with E-state index < -0.39 is 5.60 Å². The number of pyridine rings is 1. The maximum atomic E-state index is 11.9. The van der Waals surface area contributed by atoms with E-state index in [9.17, 15) is 4.79 Å². The molecule has 0 unspecified atom stereocenters. The number of benzene rings is 1. The molecule has 1 aliphatic heterocycles. The molecular formula is C18H23N3O2. The largest absolute Gasteiger partial charge is 0.444 e. The highest BCUT2D eigenvalue weighted by molar-refractivity contribution is 5.78. The summed E-state index contributed by atoms with van der Waals surface area (Å²) in [5.41, 5.74) is 1.58. The van der Waals surface area contributed by atoms with Crippen molar-refractivity contribution in [3.05, 3.63) is 42.1 Å². The second-order valence-electron chi connectivity index (χ2n) is 6.96. The first-order valence-corrected chi connectivity index (χ1v) is 7.97. The van der Waals surface area contributed by atoms with Crippen LogP contribution in [0.25, 0.3) is 10.9 Å². The minimum Gasteiger partial charge on any atom is -0.444 e. The minimum absolute atomic E-state index is 0.237. The van der Waals surface area contributed by atoms with E-state index in [2.05, 4.69) is 22.4 Å². The number of ether oxygens (including phenoxy) is 1. The zero-order valence-corrected chi connectivity index (χ0v) is 13.9. The number of nitrogens with zero attached hydrogens (tertiary/aromatic N) is 2. The molecule has 1 N–H and O–H groups in total. The van der Waals surface area contributed by atoms with Gasteiger partial charge < -0.3 is 15.0 Å². The number of carbonyl (C=O) groups excluding carboxylic acids is 1. The summed E-state index contributed by atoms with van der Waals surface area (Å²) in [5.74, 6) is 0. The molecule has 23 heavy (non-hydrogen) atoms. The molecule has 1 aromatic carbocycles. The number of amides is 1. The predicted octanol–water partition coefficient (Wildman–Crippen LogP) is 2.94. The van der Waals surface area contributed by atoms with E-state index in [4.69, 9.17) is 4.74 Å². The van der Waals surface area contributed by atoms with Crippen LogP contribution in [0.15, 0.2) is 36.4 Å². The number of fused-ring (bicyclic) bond motifs is 1.